The van der Waals surface area contributed by atoms with Crippen molar-refractivity contribution in [1.29, 1.82) is 0 Å². The first-order valence-electron chi connectivity index (χ1n) is 7.76. The van der Waals surface area contributed by atoms with E-state index in [1.165, 1.54) is 19.2 Å². The standard InChI is InChI=1S/C17H14BrF3N4O2/c1-10-4-3-5-14(25-16(26)24(2)22-23-25)12(10)9-27-15-7-6-11(18)8-13(15)17(19,20)21/h3-8H,9H2,1-2H3. The first-order valence-corrected chi connectivity index (χ1v) is 8.55. The van der Waals surface area contributed by atoms with Crippen LogP contribution in [-0.2, 0) is 19.8 Å². The molecule has 142 valence electrons. The molecular weight excluding hydrogens is 429 g/mol. The molecule has 3 rings (SSSR count). The lowest BCUT2D eigenvalue weighted by molar-refractivity contribution is -0.139. The molecule has 10 heteroatoms. The first kappa shape index (κ1) is 19.2. The second kappa shape index (κ2) is 7.18. The van der Waals surface area contributed by atoms with Crippen molar-refractivity contribution in [3.05, 3.63) is 68.0 Å². The van der Waals surface area contributed by atoms with Crippen LogP contribution in [0.3, 0.4) is 0 Å². The van der Waals surface area contributed by atoms with Gasteiger partial charge in [0, 0.05) is 17.1 Å². The van der Waals surface area contributed by atoms with Crippen molar-refractivity contribution in [2.24, 2.45) is 7.05 Å². The summed E-state index contributed by atoms with van der Waals surface area (Å²) in [5.74, 6) is -0.300. The van der Waals surface area contributed by atoms with Gasteiger partial charge in [-0.2, -0.15) is 22.5 Å². The topological polar surface area (TPSA) is 61.9 Å². The van der Waals surface area contributed by atoms with Gasteiger partial charge in [0.05, 0.1) is 11.3 Å². The van der Waals surface area contributed by atoms with Crippen molar-refractivity contribution in [1.82, 2.24) is 19.8 Å². The van der Waals surface area contributed by atoms with Crippen LogP contribution in [0.25, 0.3) is 5.69 Å². The van der Waals surface area contributed by atoms with Crippen molar-refractivity contribution in [2.75, 3.05) is 0 Å². The molecule has 0 radical (unpaired) electrons. The number of rotatable bonds is 4. The Morgan fingerprint density at radius 1 is 1.19 bits per heavy atom. The molecule has 0 saturated carbocycles. The Morgan fingerprint density at radius 3 is 2.56 bits per heavy atom. The molecule has 0 amide bonds. The lowest BCUT2D eigenvalue weighted by Gasteiger charge is -2.16. The zero-order chi connectivity index (χ0) is 19.8. The van der Waals surface area contributed by atoms with Crippen LogP contribution in [0.15, 0.2) is 45.7 Å². The molecule has 0 N–H and O–H groups in total. The molecule has 0 aliphatic rings. The smallest absolute Gasteiger partial charge is 0.420 e. The summed E-state index contributed by atoms with van der Waals surface area (Å²) in [5.41, 5.74) is 0.329. The summed E-state index contributed by atoms with van der Waals surface area (Å²) in [6, 6.07) is 8.80. The zero-order valence-corrected chi connectivity index (χ0v) is 15.9. The Balaban J connectivity index is 1.99. The molecule has 1 aromatic heterocycles. The Hall–Kier alpha value is -2.62. The maximum atomic E-state index is 13.3. The quantitative estimate of drug-likeness (QED) is 0.618. The summed E-state index contributed by atoms with van der Waals surface area (Å²) in [6.45, 7) is 1.60. The number of tetrazole rings is 1. The molecule has 0 aliphatic heterocycles. The van der Waals surface area contributed by atoms with E-state index in [1.807, 2.05) is 0 Å². The molecule has 1 heterocycles. The highest BCUT2D eigenvalue weighted by atomic mass is 79.9. The van der Waals surface area contributed by atoms with E-state index < -0.39 is 17.4 Å². The van der Waals surface area contributed by atoms with Crippen LogP contribution in [0, 0.1) is 6.92 Å². The van der Waals surface area contributed by atoms with Crippen molar-refractivity contribution >= 4 is 15.9 Å². The number of nitrogens with zero attached hydrogens (tertiary/aromatic N) is 4. The number of ether oxygens (including phenoxy) is 1. The van der Waals surface area contributed by atoms with E-state index in [2.05, 4.69) is 26.4 Å². The first-order chi connectivity index (χ1) is 12.7. The lowest BCUT2D eigenvalue weighted by Crippen LogP contribution is -2.23. The summed E-state index contributed by atoms with van der Waals surface area (Å²) in [5, 5.41) is 7.45. The minimum atomic E-state index is -4.56. The van der Waals surface area contributed by atoms with Gasteiger partial charge < -0.3 is 4.74 Å². The van der Waals surface area contributed by atoms with Gasteiger partial charge in [0.2, 0.25) is 0 Å². The molecule has 2 aromatic carbocycles. The molecule has 0 spiro atoms. The van der Waals surface area contributed by atoms with E-state index in [4.69, 9.17) is 4.74 Å². The maximum Gasteiger partial charge on any atom is 0.420 e. The van der Waals surface area contributed by atoms with E-state index in [0.717, 1.165) is 21.0 Å². The lowest BCUT2D eigenvalue weighted by atomic mass is 10.1. The van der Waals surface area contributed by atoms with Gasteiger partial charge >= 0.3 is 11.9 Å². The Bertz CT molecular complexity index is 1040. The number of halogens is 4. The minimum Gasteiger partial charge on any atom is -0.488 e. The highest BCUT2D eigenvalue weighted by molar-refractivity contribution is 9.10. The minimum absolute atomic E-state index is 0.171. The second-order valence-electron chi connectivity index (χ2n) is 5.80. The van der Waals surface area contributed by atoms with Crippen molar-refractivity contribution in [2.45, 2.75) is 19.7 Å². The van der Waals surface area contributed by atoms with E-state index in [1.54, 1.807) is 25.1 Å². The molecule has 0 atom stereocenters. The summed E-state index contributed by atoms with van der Waals surface area (Å²) >= 11 is 3.04. The fraction of sp³-hybridized carbons (Fsp3) is 0.235. The molecule has 6 nitrogen and oxygen atoms in total. The Kier molecular flexibility index (Phi) is 5.09. The third-order valence-electron chi connectivity index (χ3n) is 3.95. The number of aromatic nitrogens is 4. The average Bonchev–Trinajstić information content (AvgIpc) is 2.93. The third-order valence-corrected chi connectivity index (χ3v) is 4.45. The second-order valence-corrected chi connectivity index (χ2v) is 6.71. The van der Waals surface area contributed by atoms with Gasteiger partial charge in [-0.1, -0.05) is 28.1 Å². The van der Waals surface area contributed by atoms with Gasteiger partial charge in [-0.3, -0.25) is 0 Å². The highest BCUT2D eigenvalue weighted by Crippen LogP contribution is 2.38. The Morgan fingerprint density at radius 2 is 1.93 bits per heavy atom. The van der Waals surface area contributed by atoms with Crippen molar-refractivity contribution in [3.8, 4) is 11.4 Å². The summed E-state index contributed by atoms with van der Waals surface area (Å²) in [4.78, 5) is 12.1. The molecule has 0 fully saturated rings. The van der Waals surface area contributed by atoms with Gasteiger partial charge in [-0.15, -0.1) is 0 Å². The summed E-state index contributed by atoms with van der Waals surface area (Å²) in [7, 11) is 1.45. The van der Waals surface area contributed by atoms with Gasteiger partial charge in [0.15, 0.2) is 0 Å². The average molecular weight is 443 g/mol. The van der Waals surface area contributed by atoms with Gasteiger partial charge in [0.25, 0.3) is 0 Å². The zero-order valence-electron chi connectivity index (χ0n) is 14.3. The van der Waals surface area contributed by atoms with Gasteiger partial charge in [-0.05, 0) is 47.2 Å². The number of benzene rings is 2. The van der Waals surface area contributed by atoms with Crippen LogP contribution in [-0.4, -0.2) is 19.8 Å². The highest BCUT2D eigenvalue weighted by Gasteiger charge is 2.34. The number of aryl methyl sites for hydroxylation is 2. The van der Waals surface area contributed by atoms with E-state index in [0.29, 0.717) is 15.7 Å². The van der Waals surface area contributed by atoms with E-state index >= 15 is 0 Å². The van der Waals surface area contributed by atoms with Crippen LogP contribution in [0.1, 0.15) is 16.7 Å². The van der Waals surface area contributed by atoms with Gasteiger partial charge in [0.1, 0.15) is 12.4 Å². The van der Waals surface area contributed by atoms with Crippen LogP contribution >= 0.6 is 15.9 Å². The molecule has 0 aliphatic carbocycles. The molecule has 0 bridgehead atoms. The predicted octanol–water partition coefficient (Wildman–Crippen LogP) is 3.63. The Labute approximate surface area is 160 Å². The largest absolute Gasteiger partial charge is 0.488 e. The number of hydrogen-bond donors (Lipinski definition) is 0. The molecule has 0 saturated heterocycles. The van der Waals surface area contributed by atoms with Crippen molar-refractivity contribution in [3.63, 3.8) is 0 Å². The number of alkyl halides is 3. The third kappa shape index (κ3) is 3.90. The number of hydrogen-bond acceptors (Lipinski definition) is 4. The fourth-order valence-electron chi connectivity index (χ4n) is 2.54. The fourth-order valence-corrected chi connectivity index (χ4v) is 2.90. The van der Waals surface area contributed by atoms with Crippen molar-refractivity contribution < 1.29 is 17.9 Å². The predicted molar refractivity (Wildman–Crippen MR) is 94.8 cm³/mol. The molecule has 27 heavy (non-hydrogen) atoms. The molecule has 0 unspecified atom stereocenters. The van der Waals surface area contributed by atoms with Gasteiger partial charge in [-0.25, -0.2) is 4.79 Å². The van der Waals surface area contributed by atoms with E-state index in [9.17, 15) is 18.0 Å². The molecule has 3 aromatic rings. The van der Waals surface area contributed by atoms with Crippen LogP contribution < -0.4 is 10.4 Å². The van der Waals surface area contributed by atoms with E-state index in [-0.39, 0.29) is 12.4 Å². The SMILES string of the molecule is Cc1cccc(-n2nnn(C)c2=O)c1COc1ccc(Br)cc1C(F)(F)F. The van der Waals surface area contributed by atoms with Crippen LogP contribution in [0.5, 0.6) is 5.75 Å². The monoisotopic (exact) mass is 442 g/mol. The summed E-state index contributed by atoms with van der Waals surface area (Å²) < 4.78 is 47.7. The normalized spacial score (nSPS) is 11.6. The van der Waals surface area contributed by atoms with Crippen LogP contribution in [0.4, 0.5) is 13.2 Å². The maximum absolute atomic E-state index is 13.3. The van der Waals surface area contributed by atoms with Crippen LogP contribution in [0.2, 0.25) is 0 Å². The molecular formula is C17H14BrF3N4O2. The summed E-state index contributed by atoms with van der Waals surface area (Å²) in [6.07, 6.45) is -4.56.